The second-order valence-electron chi connectivity index (χ2n) is 4.34. The Hall–Kier alpha value is -1.61. The number of ether oxygens (including phenoxy) is 1. The van der Waals surface area contributed by atoms with Crippen LogP contribution in [0.15, 0.2) is 19.1 Å². The molecule has 0 fully saturated rings. The van der Waals surface area contributed by atoms with Crippen molar-refractivity contribution in [2.75, 3.05) is 20.2 Å². The summed E-state index contributed by atoms with van der Waals surface area (Å²) in [6.07, 6.45) is 0. The van der Waals surface area contributed by atoms with Crippen LogP contribution in [0.4, 0.5) is 0 Å². The van der Waals surface area contributed by atoms with Crippen LogP contribution in [0.3, 0.4) is 0 Å². The third-order valence-corrected chi connectivity index (χ3v) is 4.95. The van der Waals surface area contributed by atoms with Crippen LogP contribution in [0, 0.1) is 0 Å². The van der Waals surface area contributed by atoms with Crippen molar-refractivity contribution in [1.82, 2.24) is 14.7 Å². The molecule has 0 aliphatic heterocycles. The van der Waals surface area contributed by atoms with Crippen molar-refractivity contribution >= 4 is 33.2 Å². The Balaban J connectivity index is 2.29. The van der Waals surface area contributed by atoms with Gasteiger partial charge in [0.1, 0.15) is 11.4 Å². The molecule has 0 atom stereocenters. The van der Waals surface area contributed by atoms with Crippen LogP contribution in [0.2, 0.25) is 0 Å². The van der Waals surface area contributed by atoms with Crippen molar-refractivity contribution in [1.29, 1.82) is 0 Å². The van der Waals surface area contributed by atoms with Crippen molar-refractivity contribution in [2.45, 2.75) is 20.4 Å². The molecule has 2 aromatic heterocycles. The van der Waals surface area contributed by atoms with Gasteiger partial charge in [-0.3, -0.25) is 4.79 Å². The molecule has 9 heteroatoms. The van der Waals surface area contributed by atoms with Gasteiger partial charge in [-0.25, -0.2) is 4.79 Å². The smallest absolute Gasteiger partial charge is 0.437 e. The predicted molar refractivity (Wildman–Crippen MR) is 86.3 cm³/mol. The van der Waals surface area contributed by atoms with Crippen LogP contribution in [-0.4, -0.2) is 40.8 Å². The van der Waals surface area contributed by atoms with Crippen molar-refractivity contribution in [2.24, 2.45) is 0 Å². The van der Waals surface area contributed by atoms with Gasteiger partial charge in [0, 0.05) is 18.5 Å². The summed E-state index contributed by atoms with van der Waals surface area (Å²) < 4.78 is 12.2. The topological polar surface area (TPSA) is 77.6 Å². The second-order valence-corrected chi connectivity index (χ2v) is 6.08. The summed E-state index contributed by atoms with van der Waals surface area (Å²) in [6, 6.07) is 0. The van der Waals surface area contributed by atoms with E-state index in [0.717, 1.165) is 9.15 Å². The van der Waals surface area contributed by atoms with Gasteiger partial charge in [-0.1, -0.05) is 0 Å². The fourth-order valence-corrected chi connectivity index (χ4v) is 3.55. The van der Waals surface area contributed by atoms with Crippen molar-refractivity contribution in [3.05, 3.63) is 20.4 Å². The molecule has 2 rings (SSSR count). The van der Waals surface area contributed by atoms with Crippen LogP contribution in [0.5, 0.6) is 5.75 Å². The largest absolute Gasteiger partial charge is 0.494 e. The maximum atomic E-state index is 12.1. The van der Waals surface area contributed by atoms with Gasteiger partial charge in [0.15, 0.2) is 5.75 Å². The van der Waals surface area contributed by atoms with Crippen molar-refractivity contribution in [3.63, 3.8) is 0 Å². The Kier molecular flexibility index (Phi) is 5.41. The SMILES string of the molecule is CCN(CC)C(=O)Cn1nc(-c2scc(Br)c2OC)oc1=O. The molecule has 0 spiro atoms. The lowest BCUT2D eigenvalue weighted by Crippen LogP contribution is -2.35. The fourth-order valence-electron chi connectivity index (χ4n) is 1.97. The normalized spacial score (nSPS) is 10.7. The monoisotopic (exact) mass is 389 g/mol. The molecule has 0 N–H and O–H groups in total. The number of thiophene rings is 1. The highest BCUT2D eigenvalue weighted by atomic mass is 79.9. The molecule has 0 unspecified atom stereocenters. The van der Waals surface area contributed by atoms with Crippen LogP contribution >= 0.6 is 27.3 Å². The summed E-state index contributed by atoms with van der Waals surface area (Å²) in [7, 11) is 1.52. The number of hydrogen-bond acceptors (Lipinski definition) is 6. The average molecular weight is 390 g/mol. The minimum atomic E-state index is -0.665. The summed E-state index contributed by atoms with van der Waals surface area (Å²) in [5.41, 5.74) is 0. The predicted octanol–water partition coefficient (Wildman–Crippen LogP) is 2.20. The molecule has 0 saturated carbocycles. The van der Waals surface area contributed by atoms with E-state index in [4.69, 9.17) is 9.15 Å². The lowest BCUT2D eigenvalue weighted by Gasteiger charge is -2.17. The minimum absolute atomic E-state index is 0.140. The molecule has 0 radical (unpaired) electrons. The summed E-state index contributed by atoms with van der Waals surface area (Å²) in [6.45, 7) is 4.79. The van der Waals surface area contributed by atoms with Gasteiger partial charge in [-0.15, -0.1) is 16.4 Å². The number of methoxy groups -OCH3 is 1. The zero-order valence-electron chi connectivity index (χ0n) is 12.5. The molecule has 7 nitrogen and oxygen atoms in total. The van der Waals surface area contributed by atoms with E-state index < -0.39 is 5.76 Å². The number of halogens is 1. The number of hydrogen-bond donors (Lipinski definition) is 0. The number of carbonyl (C=O) groups excluding carboxylic acids is 1. The summed E-state index contributed by atoms with van der Waals surface area (Å²) >= 11 is 4.68. The first-order valence-electron chi connectivity index (χ1n) is 6.68. The maximum absolute atomic E-state index is 12.1. The lowest BCUT2D eigenvalue weighted by molar-refractivity contribution is -0.131. The van der Waals surface area contributed by atoms with E-state index >= 15 is 0 Å². The molecule has 1 amide bonds. The van der Waals surface area contributed by atoms with Gasteiger partial charge >= 0.3 is 5.76 Å². The molecule has 0 aliphatic carbocycles. The number of rotatable bonds is 6. The number of nitrogens with zero attached hydrogens (tertiary/aromatic N) is 3. The highest BCUT2D eigenvalue weighted by Gasteiger charge is 2.21. The number of carbonyl (C=O) groups is 1. The van der Waals surface area contributed by atoms with E-state index in [1.807, 2.05) is 19.2 Å². The number of aromatic nitrogens is 2. The molecule has 120 valence electrons. The van der Waals surface area contributed by atoms with E-state index in [9.17, 15) is 9.59 Å². The first-order chi connectivity index (χ1) is 10.5. The Morgan fingerprint density at radius 3 is 2.77 bits per heavy atom. The Bertz CT molecular complexity index is 717. The quantitative estimate of drug-likeness (QED) is 0.756. The third-order valence-electron chi connectivity index (χ3n) is 3.11. The van der Waals surface area contributed by atoms with E-state index in [-0.39, 0.29) is 18.3 Å². The molecule has 22 heavy (non-hydrogen) atoms. The van der Waals surface area contributed by atoms with Gasteiger partial charge in [-0.05, 0) is 29.8 Å². The van der Waals surface area contributed by atoms with E-state index in [1.165, 1.54) is 18.4 Å². The zero-order chi connectivity index (χ0) is 16.3. The minimum Gasteiger partial charge on any atom is -0.494 e. The maximum Gasteiger partial charge on any atom is 0.437 e. The van der Waals surface area contributed by atoms with Crippen LogP contribution < -0.4 is 10.5 Å². The van der Waals surface area contributed by atoms with E-state index in [1.54, 1.807) is 4.90 Å². The molecule has 2 aromatic rings. The number of likely N-dealkylation sites (N-methyl/N-ethyl adjacent to an activating group) is 1. The summed E-state index contributed by atoms with van der Waals surface area (Å²) in [5, 5.41) is 5.91. The van der Waals surface area contributed by atoms with Crippen molar-refractivity contribution < 1.29 is 13.9 Å². The second kappa shape index (κ2) is 7.10. The zero-order valence-corrected chi connectivity index (χ0v) is 14.9. The number of amides is 1. The van der Waals surface area contributed by atoms with Crippen LogP contribution in [0.25, 0.3) is 10.8 Å². The van der Waals surface area contributed by atoms with Crippen molar-refractivity contribution in [3.8, 4) is 16.5 Å². The van der Waals surface area contributed by atoms with Gasteiger partial charge in [0.2, 0.25) is 5.91 Å². The Morgan fingerprint density at radius 1 is 1.50 bits per heavy atom. The van der Waals surface area contributed by atoms with Crippen LogP contribution in [-0.2, 0) is 11.3 Å². The molecular formula is C13H16BrN3O4S. The highest BCUT2D eigenvalue weighted by Crippen LogP contribution is 2.40. The van der Waals surface area contributed by atoms with Crippen LogP contribution in [0.1, 0.15) is 13.8 Å². The first-order valence-corrected chi connectivity index (χ1v) is 8.36. The lowest BCUT2D eigenvalue weighted by atomic mass is 10.4. The van der Waals surface area contributed by atoms with Gasteiger partial charge in [0.05, 0.1) is 11.6 Å². The standard InChI is InChI=1S/C13H16BrN3O4S/c1-4-16(5-2)9(18)6-17-13(19)21-12(15-17)11-10(20-3)8(14)7-22-11/h7H,4-6H2,1-3H3. The first kappa shape index (κ1) is 16.8. The highest BCUT2D eigenvalue weighted by molar-refractivity contribution is 9.10. The van der Waals surface area contributed by atoms with Gasteiger partial charge in [0.25, 0.3) is 5.89 Å². The molecule has 0 saturated heterocycles. The fraction of sp³-hybridized carbons (Fsp3) is 0.462. The molecule has 2 heterocycles. The Labute approximate surface area is 139 Å². The third kappa shape index (κ3) is 3.25. The van der Waals surface area contributed by atoms with Gasteiger partial charge in [-0.2, -0.15) is 4.68 Å². The summed E-state index contributed by atoms with van der Waals surface area (Å²) in [5.74, 6) is -0.147. The van der Waals surface area contributed by atoms with E-state index in [2.05, 4.69) is 21.0 Å². The summed E-state index contributed by atoms with van der Waals surface area (Å²) in [4.78, 5) is 26.2. The molecule has 0 bridgehead atoms. The molecule has 0 aliphatic rings. The molecule has 0 aromatic carbocycles. The average Bonchev–Trinajstić information content (AvgIpc) is 3.03. The molecular weight excluding hydrogens is 374 g/mol. The van der Waals surface area contributed by atoms with Gasteiger partial charge < -0.3 is 14.1 Å². The van der Waals surface area contributed by atoms with E-state index in [0.29, 0.717) is 23.7 Å². The Morgan fingerprint density at radius 2 is 2.18 bits per heavy atom.